The molecular weight excluding hydrogens is 216 g/mol. The first-order valence-corrected chi connectivity index (χ1v) is 5.82. The maximum atomic E-state index is 11.7. The van der Waals surface area contributed by atoms with E-state index < -0.39 is 0 Å². The smallest absolute Gasteiger partial charge is 0.226 e. The topological polar surface area (TPSA) is 52.9 Å². The van der Waals surface area contributed by atoms with Crippen LogP contribution in [-0.4, -0.2) is 23.4 Å². The lowest BCUT2D eigenvalue weighted by atomic mass is 10.1. The Hall–Kier alpha value is -1.84. The minimum absolute atomic E-state index is 0.191. The number of oxime groups is 1. The van der Waals surface area contributed by atoms with Crippen molar-refractivity contribution in [2.24, 2.45) is 5.16 Å². The minimum atomic E-state index is 0.191. The second-order valence-corrected chi connectivity index (χ2v) is 4.23. The quantitative estimate of drug-likeness (QED) is 0.483. The van der Waals surface area contributed by atoms with Gasteiger partial charge < -0.3 is 10.1 Å². The van der Waals surface area contributed by atoms with E-state index in [2.05, 4.69) is 5.16 Å². The van der Waals surface area contributed by atoms with Crippen LogP contribution in [0.2, 0.25) is 0 Å². The van der Waals surface area contributed by atoms with Gasteiger partial charge in [0, 0.05) is 18.7 Å². The molecule has 0 atom stereocenters. The predicted molar refractivity (Wildman–Crippen MR) is 66.6 cm³/mol. The summed E-state index contributed by atoms with van der Waals surface area (Å²) < 4.78 is 0. The van der Waals surface area contributed by atoms with Crippen LogP contribution in [0.4, 0.5) is 5.69 Å². The van der Waals surface area contributed by atoms with E-state index in [1.54, 1.807) is 6.92 Å². The van der Waals surface area contributed by atoms with Gasteiger partial charge in [0.15, 0.2) is 0 Å². The van der Waals surface area contributed by atoms with Gasteiger partial charge in [-0.3, -0.25) is 4.79 Å². The van der Waals surface area contributed by atoms with Crippen molar-refractivity contribution < 1.29 is 10.0 Å². The molecule has 2 rings (SSSR count). The molecule has 4 heteroatoms. The molecule has 0 radical (unpaired) electrons. The van der Waals surface area contributed by atoms with Crippen molar-refractivity contribution in [2.75, 3.05) is 11.4 Å². The van der Waals surface area contributed by atoms with Crippen LogP contribution < -0.4 is 4.90 Å². The Morgan fingerprint density at radius 3 is 2.59 bits per heavy atom. The lowest BCUT2D eigenvalue weighted by Gasteiger charge is -2.26. The molecule has 1 aromatic rings. The van der Waals surface area contributed by atoms with E-state index in [-0.39, 0.29) is 5.91 Å². The van der Waals surface area contributed by atoms with Crippen LogP contribution in [0.1, 0.15) is 31.7 Å². The molecule has 90 valence electrons. The van der Waals surface area contributed by atoms with Crippen molar-refractivity contribution in [3.63, 3.8) is 0 Å². The summed E-state index contributed by atoms with van der Waals surface area (Å²) in [6.07, 6.45) is 2.69. The summed E-state index contributed by atoms with van der Waals surface area (Å²) in [5.41, 5.74) is 2.35. The van der Waals surface area contributed by atoms with E-state index in [4.69, 9.17) is 5.21 Å². The minimum Gasteiger partial charge on any atom is -0.411 e. The van der Waals surface area contributed by atoms with Gasteiger partial charge in [0.25, 0.3) is 0 Å². The number of piperidine rings is 1. The fourth-order valence-electron chi connectivity index (χ4n) is 2.02. The molecule has 1 heterocycles. The van der Waals surface area contributed by atoms with E-state index in [0.717, 1.165) is 30.6 Å². The van der Waals surface area contributed by atoms with Crippen molar-refractivity contribution in [2.45, 2.75) is 26.2 Å². The van der Waals surface area contributed by atoms with Crippen molar-refractivity contribution in [3.8, 4) is 0 Å². The molecule has 1 aliphatic heterocycles. The third-order valence-corrected chi connectivity index (χ3v) is 3.07. The Morgan fingerprint density at radius 1 is 1.29 bits per heavy atom. The third-order valence-electron chi connectivity index (χ3n) is 3.07. The average molecular weight is 232 g/mol. The highest BCUT2D eigenvalue weighted by Gasteiger charge is 2.19. The largest absolute Gasteiger partial charge is 0.411 e. The van der Waals surface area contributed by atoms with Crippen molar-refractivity contribution in [1.29, 1.82) is 0 Å². The predicted octanol–water partition coefficient (Wildman–Crippen LogP) is 2.40. The summed E-state index contributed by atoms with van der Waals surface area (Å²) in [5.74, 6) is 0.191. The van der Waals surface area contributed by atoms with Gasteiger partial charge in [0.05, 0.1) is 5.71 Å². The molecule has 0 saturated carbocycles. The molecule has 4 nitrogen and oxygen atoms in total. The molecular formula is C13H16N2O2. The van der Waals surface area contributed by atoms with Gasteiger partial charge in [-0.05, 0) is 37.5 Å². The standard InChI is InChI=1S/C13H16N2O2/c1-10(14-17)11-5-7-12(8-6-11)15-9-3-2-4-13(15)16/h5-8,17H,2-4,9H2,1H3/b14-10-. The van der Waals surface area contributed by atoms with Gasteiger partial charge in [-0.2, -0.15) is 0 Å². The Labute approximate surface area is 101 Å². The van der Waals surface area contributed by atoms with E-state index >= 15 is 0 Å². The van der Waals surface area contributed by atoms with E-state index in [1.165, 1.54) is 0 Å². The summed E-state index contributed by atoms with van der Waals surface area (Å²) in [5, 5.41) is 11.8. The molecule has 1 saturated heterocycles. The van der Waals surface area contributed by atoms with E-state index in [1.807, 2.05) is 29.2 Å². The number of nitrogens with zero attached hydrogens (tertiary/aromatic N) is 2. The summed E-state index contributed by atoms with van der Waals surface area (Å²) in [6, 6.07) is 7.53. The van der Waals surface area contributed by atoms with E-state index in [9.17, 15) is 4.79 Å². The van der Waals surface area contributed by atoms with E-state index in [0.29, 0.717) is 12.1 Å². The van der Waals surface area contributed by atoms with Crippen LogP contribution in [0.3, 0.4) is 0 Å². The van der Waals surface area contributed by atoms with Crippen LogP contribution >= 0.6 is 0 Å². The van der Waals surface area contributed by atoms with Gasteiger partial charge in [-0.25, -0.2) is 0 Å². The molecule has 1 fully saturated rings. The highest BCUT2D eigenvalue weighted by molar-refractivity contribution is 5.99. The first-order chi connectivity index (χ1) is 8.22. The molecule has 1 aromatic carbocycles. The molecule has 1 amide bonds. The second-order valence-electron chi connectivity index (χ2n) is 4.23. The van der Waals surface area contributed by atoms with Crippen LogP contribution in [0.5, 0.6) is 0 Å². The van der Waals surface area contributed by atoms with Crippen LogP contribution in [0.15, 0.2) is 29.4 Å². The number of rotatable bonds is 2. The monoisotopic (exact) mass is 232 g/mol. The SMILES string of the molecule is C/C(=N/O)c1ccc(N2CCCCC2=O)cc1. The Balaban J connectivity index is 2.20. The normalized spacial score (nSPS) is 17.4. The molecule has 1 aliphatic rings. The number of benzene rings is 1. The lowest BCUT2D eigenvalue weighted by Crippen LogP contribution is -2.35. The molecule has 0 unspecified atom stereocenters. The summed E-state index contributed by atoms with van der Waals surface area (Å²) >= 11 is 0. The maximum Gasteiger partial charge on any atom is 0.226 e. The van der Waals surface area contributed by atoms with Crippen LogP contribution in [0, 0.1) is 0 Å². The number of carbonyl (C=O) groups is 1. The Kier molecular flexibility index (Phi) is 3.42. The van der Waals surface area contributed by atoms with Gasteiger partial charge in [-0.15, -0.1) is 0 Å². The second kappa shape index (κ2) is 4.99. The van der Waals surface area contributed by atoms with Crippen LogP contribution in [-0.2, 0) is 4.79 Å². The number of anilines is 1. The zero-order chi connectivity index (χ0) is 12.3. The average Bonchev–Trinajstić information content (AvgIpc) is 2.39. The van der Waals surface area contributed by atoms with Crippen molar-refractivity contribution >= 4 is 17.3 Å². The third kappa shape index (κ3) is 2.46. The molecule has 0 bridgehead atoms. The number of hydrogen-bond donors (Lipinski definition) is 1. The zero-order valence-corrected chi connectivity index (χ0v) is 9.89. The first-order valence-electron chi connectivity index (χ1n) is 5.82. The fraction of sp³-hybridized carbons (Fsp3) is 0.385. The molecule has 1 N–H and O–H groups in total. The molecule has 0 aromatic heterocycles. The number of amides is 1. The van der Waals surface area contributed by atoms with Gasteiger partial charge in [-0.1, -0.05) is 17.3 Å². The highest BCUT2D eigenvalue weighted by Crippen LogP contribution is 2.21. The Morgan fingerprint density at radius 2 is 2.00 bits per heavy atom. The number of carbonyl (C=O) groups excluding carboxylic acids is 1. The number of hydrogen-bond acceptors (Lipinski definition) is 3. The highest BCUT2D eigenvalue weighted by atomic mass is 16.4. The zero-order valence-electron chi connectivity index (χ0n) is 9.89. The lowest BCUT2D eigenvalue weighted by molar-refractivity contribution is -0.119. The fourth-order valence-corrected chi connectivity index (χ4v) is 2.02. The maximum absolute atomic E-state index is 11.7. The van der Waals surface area contributed by atoms with Gasteiger partial charge >= 0.3 is 0 Å². The molecule has 0 aliphatic carbocycles. The van der Waals surface area contributed by atoms with Crippen molar-refractivity contribution in [1.82, 2.24) is 0 Å². The molecule has 0 spiro atoms. The summed E-state index contributed by atoms with van der Waals surface area (Å²) in [6.45, 7) is 2.53. The van der Waals surface area contributed by atoms with Gasteiger partial charge in [0.1, 0.15) is 0 Å². The summed E-state index contributed by atoms with van der Waals surface area (Å²) in [7, 11) is 0. The van der Waals surface area contributed by atoms with Crippen molar-refractivity contribution in [3.05, 3.63) is 29.8 Å². The van der Waals surface area contributed by atoms with Crippen LogP contribution in [0.25, 0.3) is 0 Å². The Bertz CT molecular complexity index is 437. The van der Waals surface area contributed by atoms with Gasteiger partial charge in [0.2, 0.25) is 5.91 Å². The first kappa shape index (κ1) is 11.6. The summed E-state index contributed by atoms with van der Waals surface area (Å²) in [4.78, 5) is 13.6. The molecule has 17 heavy (non-hydrogen) atoms.